The quantitative estimate of drug-likeness (QED) is 0.603. The largest absolute Gasteiger partial charge is 0.454 e. The molecule has 0 bridgehead atoms. The van der Waals surface area contributed by atoms with E-state index in [0.29, 0.717) is 28.3 Å². The Kier molecular flexibility index (Phi) is 4.99. The molecule has 0 saturated carbocycles. The topological polar surface area (TPSA) is 76.1 Å². The summed E-state index contributed by atoms with van der Waals surface area (Å²) in [6, 6.07) is 21.7. The van der Waals surface area contributed by atoms with E-state index in [1.165, 1.54) is 4.90 Å². The molecule has 2 aliphatic heterocycles. The minimum atomic E-state index is -1.93. The van der Waals surface area contributed by atoms with Gasteiger partial charge in [0.25, 0.3) is 5.91 Å². The third-order valence-electron chi connectivity index (χ3n) is 5.75. The maximum Gasteiger partial charge on any atom is 0.264 e. The van der Waals surface area contributed by atoms with Gasteiger partial charge in [-0.15, -0.1) is 0 Å². The fourth-order valence-electron chi connectivity index (χ4n) is 4.12. The predicted molar refractivity (Wildman–Crippen MR) is 120 cm³/mol. The van der Waals surface area contributed by atoms with E-state index < -0.39 is 11.5 Å². The van der Waals surface area contributed by atoms with Gasteiger partial charge in [-0.2, -0.15) is 0 Å². The molecule has 160 valence electrons. The molecule has 0 aromatic heterocycles. The predicted octanol–water partition coefficient (Wildman–Crippen LogP) is 3.94. The average Bonchev–Trinajstić information content (AvgIpc) is 3.37. The van der Waals surface area contributed by atoms with E-state index in [2.05, 4.69) is 0 Å². The van der Waals surface area contributed by atoms with E-state index in [1.54, 1.807) is 36.4 Å². The van der Waals surface area contributed by atoms with Gasteiger partial charge in [-0.05, 0) is 29.8 Å². The van der Waals surface area contributed by atoms with Gasteiger partial charge in [0, 0.05) is 17.7 Å². The number of amides is 1. The van der Waals surface area contributed by atoms with Crippen LogP contribution < -0.4 is 14.4 Å². The van der Waals surface area contributed by atoms with Crippen molar-refractivity contribution in [3.8, 4) is 11.5 Å². The Morgan fingerprint density at radius 2 is 1.75 bits per heavy atom. The van der Waals surface area contributed by atoms with Crippen molar-refractivity contribution in [2.75, 3.05) is 18.2 Å². The van der Waals surface area contributed by atoms with Gasteiger partial charge in [0.15, 0.2) is 22.9 Å². The van der Waals surface area contributed by atoms with Crippen molar-refractivity contribution >= 4 is 23.5 Å². The first-order chi connectivity index (χ1) is 15.6. The first kappa shape index (κ1) is 20.0. The third-order valence-corrected chi connectivity index (χ3v) is 5.75. The number of hydrogen-bond acceptors (Lipinski definition) is 5. The fraction of sp³-hybridized carbons (Fsp3) is 0.154. The summed E-state index contributed by atoms with van der Waals surface area (Å²) in [6.07, 6.45) is 3.43. The Morgan fingerprint density at radius 1 is 1.00 bits per heavy atom. The van der Waals surface area contributed by atoms with E-state index in [4.69, 9.17) is 9.47 Å². The summed E-state index contributed by atoms with van der Waals surface area (Å²) < 4.78 is 10.6. The number of ketones is 1. The summed E-state index contributed by atoms with van der Waals surface area (Å²) in [5, 5.41) is 11.4. The first-order valence-corrected chi connectivity index (χ1v) is 10.3. The molecule has 2 heterocycles. The number of carbonyl (C=O) groups excluding carboxylic acids is 2. The second-order valence-electron chi connectivity index (χ2n) is 7.77. The second kappa shape index (κ2) is 7.98. The Bertz CT molecular complexity index is 1220. The molecule has 3 aromatic rings. The van der Waals surface area contributed by atoms with Crippen molar-refractivity contribution in [3.63, 3.8) is 0 Å². The SMILES string of the molecule is O=C(C[C@@]1(O)C(=O)N(C/C=C\c2ccccc2)c2ccccc21)c1ccc2c(c1)OCO2. The van der Waals surface area contributed by atoms with Crippen LogP contribution in [0.5, 0.6) is 11.5 Å². The number of fused-ring (bicyclic) bond motifs is 2. The number of nitrogens with zero attached hydrogens (tertiary/aromatic N) is 1. The van der Waals surface area contributed by atoms with Crippen LogP contribution in [0.1, 0.15) is 27.9 Å². The monoisotopic (exact) mass is 427 g/mol. The zero-order valence-electron chi connectivity index (χ0n) is 17.2. The zero-order valence-corrected chi connectivity index (χ0v) is 17.2. The smallest absolute Gasteiger partial charge is 0.264 e. The highest BCUT2D eigenvalue weighted by molar-refractivity contribution is 6.11. The lowest BCUT2D eigenvalue weighted by Gasteiger charge is -2.22. The molecule has 32 heavy (non-hydrogen) atoms. The number of anilines is 1. The van der Waals surface area contributed by atoms with E-state index in [9.17, 15) is 14.7 Å². The molecule has 6 nitrogen and oxygen atoms in total. The summed E-state index contributed by atoms with van der Waals surface area (Å²) in [5.74, 6) is 0.189. The van der Waals surface area contributed by atoms with Crippen LogP contribution >= 0.6 is 0 Å². The maximum absolute atomic E-state index is 13.3. The fourth-order valence-corrected chi connectivity index (χ4v) is 4.12. The molecule has 1 amide bonds. The highest BCUT2D eigenvalue weighted by atomic mass is 16.7. The third kappa shape index (κ3) is 3.44. The molecule has 0 aliphatic carbocycles. The number of para-hydroxylation sites is 1. The number of rotatable bonds is 6. The van der Waals surface area contributed by atoms with Gasteiger partial charge in [-0.1, -0.05) is 60.7 Å². The molecule has 6 heteroatoms. The van der Waals surface area contributed by atoms with Gasteiger partial charge < -0.3 is 19.5 Å². The first-order valence-electron chi connectivity index (χ1n) is 10.3. The lowest BCUT2D eigenvalue weighted by molar-refractivity contribution is -0.135. The van der Waals surface area contributed by atoms with E-state index in [-0.39, 0.29) is 25.5 Å². The number of benzene rings is 3. The van der Waals surface area contributed by atoms with Crippen molar-refractivity contribution in [3.05, 3.63) is 95.6 Å². The van der Waals surface area contributed by atoms with Crippen LogP contribution in [0.25, 0.3) is 6.08 Å². The number of Topliss-reactive ketones (excluding diaryl/α,β-unsaturated/α-hetero) is 1. The van der Waals surface area contributed by atoms with E-state index in [0.717, 1.165) is 5.56 Å². The summed E-state index contributed by atoms with van der Waals surface area (Å²) in [5.41, 5.74) is 0.490. The van der Waals surface area contributed by atoms with Crippen LogP contribution in [0.3, 0.4) is 0 Å². The van der Waals surface area contributed by atoms with Crippen LogP contribution in [0.4, 0.5) is 5.69 Å². The molecule has 3 aromatic carbocycles. The molecule has 0 fully saturated rings. The van der Waals surface area contributed by atoms with Crippen LogP contribution in [0.2, 0.25) is 0 Å². The van der Waals surface area contributed by atoms with Crippen molar-refractivity contribution in [2.45, 2.75) is 12.0 Å². The minimum Gasteiger partial charge on any atom is -0.454 e. The minimum absolute atomic E-state index is 0.105. The summed E-state index contributed by atoms with van der Waals surface area (Å²) in [6.45, 7) is 0.388. The molecule has 0 spiro atoms. The summed E-state index contributed by atoms with van der Waals surface area (Å²) in [4.78, 5) is 27.9. The molecule has 1 N–H and O–H groups in total. The number of hydrogen-bond donors (Lipinski definition) is 1. The van der Waals surface area contributed by atoms with Crippen molar-refractivity contribution in [1.29, 1.82) is 0 Å². The van der Waals surface area contributed by atoms with Gasteiger partial charge in [0.2, 0.25) is 6.79 Å². The van der Waals surface area contributed by atoms with Crippen molar-refractivity contribution < 1.29 is 24.2 Å². The molecular weight excluding hydrogens is 406 g/mol. The van der Waals surface area contributed by atoms with Gasteiger partial charge in [-0.25, -0.2) is 0 Å². The van der Waals surface area contributed by atoms with Gasteiger partial charge in [-0.3, -0.25) is 9.59 Å². The molecule has 0 saturated heterocycles. The van der Waals surface area contributed by atoms with Crippen molar-refractivity contribution in [1.82, 2.24) is 0 Å². The Balaban J connectivity index is 1.40. The zero-order chi connectivity index (χ0) is 22.1. The van der Waals surface area contributed by atoms with Crippen molar-refractivity contribution in [2.24, 2.45) is 0 Å². The lowest BCUT2D eigenvalue weighted by Crippen LogP contribution is -2.42. The Morgan fingerprint density at radius 3 is 2.59 bits per heavy atom. The highest BCUT2D eigenvalue weighted by Gasteiger charge is 2.50. The molecular formula is C26H21NO5. The molecule has 0 radical (unpaired) electrons. The average molecular weight is 427 g/mol. The van der Waals surface area contributed by atoms with Crippen LogP contribution in [0.15, 0.2) is 78.9 Å². The molecule has 0 unspecified atom stereocenters. The van der Waals surface area contributed by atoms with Gasteiger partial charge in [0.05, 0.1) is 12.1 Å². The van der Waals surface area contributed by atoms with Crippen LogP contribution in [0, 0.1) is 0 Å². The Labute approximate surface area is 185 Å². The molecule has 2 aliphatic rings. The maximum atomic E-state index is 13.3. The van der Waals surface area contributed by atoms with E-state index >= 15 is 0 Å². The van der Waals surface area contributed by atoms with Gasteiger partial charge >= 0.3 is 0 Å². The normalized spacial score (nSPS) is 18.9. The van der Waals surface area contributed by atoms with Crippen LogP contribution in [-0.4, -0.2) is 30.1 Å². The van der Waals surface area contributed by atoms with Gasteiger partial charge in [0.1, 0.15) is 0 Å². The van der Waals surface area contributed by atoms with Crippen LogP contribution in [-0.2, 0) is 10.4 Å². The number of carbonyl (C=O) groups is 2. The number of aliphatic hydroxyl groups is 1. The summed E-state index contributed by atoms with van der Waals surface area (Å²) >= 11 is 0. The standard InChI is InChI=1S/C26H21NO5/c28-22(19-12-13-23-24(15-19)32-17-31-23)16-26(30)20-10-4-5-11-21(20)27(25(26)29)14-6-9-18-7-2-1-3-8-18/h1-13,15,30H,14,16-17H2/b9-6-/t26-/m0/s1. The highest BCUT2D eigenvalue weighted by Crippen LogP contribution is 2.43. The number of ether oxygens (including phenoxy) is 2. The summed E-state index contributed by atoms with van der Waals surface area (Å²) in [7, 11) is 0. The molecule has 5 rings (SSSR count). The lowest BCUT2D eigenvalue weighted by atomic mass is 9.88. The second-order valence-corrected chi connectivity index (χ2v) is 7.77. The molecule has 1 atom stereocenters. The Hall–Kier alpha value is -3.90. The van der Waals surface area contributed by atoms with E-state index in [1.807, 2.05) is 48.6 Å².